The molecule has 2 aliphatic heterocycles. The van der Waals surface area contributed by atoms with Crippen molar-refractivity contribution >= 4 is 91.7 Å². The fourth-order valence-corrected chi connectivity index (χ4v) is 10.2. The van der Waals surface area contributed by atoms with E-state index >= 15 is 9.59 Å². The number of nitrogens with one attached hydrogen (secondary N) is 1. The van der Waals surface area contributed by atoms with Crippen LogP contribution >= 0.6 is 45.8 Å². The van der Waals surface area contributed by atoms with Crippen LogP contribution < -0.4 is 10.3 Å². The highest BCUT2D eigenvalue weighted by atomic mass is 127. The number of hydrogen-bond donors (Lipinski definition) is 2. The van der Waals surface area contributed by atoms with Gasteiger partial charge in [0.25, 0.3) is 11.8 Å². The number of benzene rings is 4. The van der Waals surface area contributed by atoms with Crippen molar-refractivity contribution in [2.24, 2.45) is 23.7 Å². The first kappa shape index (κ1) is 37.6. The molecular weight excluding hydrogens is 895 g/mol. The molecule has 4 aromatic carbocycles. The van der Waals surface area contributed by atoms with E-state index in [1.165, 1.54) is 11.0 Å². The summed E-state index contributed by atoms with van der Waals surface area (Å²) in [6.45, 7) is 0. The Balaban J connectivity index is 1.26. The molecule has 57 heavy (non-hydrogen) atoms. The van der Waals surface area contributed by atoms with Crippen LogP contribution in [0.25, 0.3) is 10.8 Å². The van der Waals surface area contributed by atoms with Gasteiger partial charge in [-0.2, -0.15) is 18.2 Å². The second-order valence-corrected chi connectivity index (χ2v) is 16.7. The van der Waals surface area contributed by atoms with Gasteiger partial charge in [-0.1, -0.05) is 77.3 Å². The summed E-state index contributed by atoms with van der Waals surface area (Å²) in [4.78, 5) is 64.3. The lowest BCUT2D eigenvalue weighted by Crippen LogP contribution is -2.53. The first-order chi connectivity index (χ1) is 27.2. The number of pyridine rings is 1. The first-order valence-electron chi connectivity index (χ1n) is 17.9. The van der Waals surface area contributed by atoms with Gasteiger partial charge in [0.1, 0.15) is 5.75 Å². The highest BCUT2D eigenvalue weighted by Crippen LogP contribution is 2.65. The molecule has 1 saturated carbocycles. The number of carbonyl (C=O) groups excluding carboxylic acids is 4. The largest absolute Gasteiger partial charge is 0.507 e. The van der Waals surface area contributed by atoms with Crippen LogP contribution in [0.4, 0.5) is 24.7 Å². The van der Waals surface area contributed by atoms with Crippen LogP contribution in [-0.2, 0) is 30.8 Å². The summed E-state index contributed by atoms with van der Waals surface area (Å²) < 4.78 is 41.6. The summed E-state index contributed by atoms with van der Waals surface area (Å²) in [5.74, 6) is -7.05. The van der Waals surface area contributed by atoms with Gasteiger partial charge in [0.2, 0.25) is 11.8 Å². The second kappa shape index (κ2) is 13.6. The molecule has 2 N–H and O–H groups in total. The van der Waals surface area contributed by atoms with Gasteiger partial charge in [-0.05, 0) is 106 Å². The molecule has 15 heteroatoms. The third kappa shape index (κ3) is 5.67. The Bertz CT molecular complexity index is 2590. The van der Waals surface area contributed by atoms with Crippen LogP contribution in [0.5, 0.6) is 5.75 Å². The molecule has 5 aromatic rings. The Kier molecular flexibility index (Phi) is 8.94. The van der Waals surface area contributed by atoms with Crippen molar-refractivity contribution in [2.75, 3.05) is 10.3 Å². The molecule has 0 bridgehead atoms. The van der Waals surface area contributed by atoms with E-state index in [0.717, 1.165) is 8.58 Å². The standard InChI is InChI=1S/C42H28Cl2F3IN4O5/c43-22-7-5-20(6-8-22)41-31(38(55)52(40(41)57)50-36-32(44)17-21(19-49-36)42(45,46)47)18-30-28(35(41)27-15-16-33(53)26-4-2-1-3-25(26)27)13-14-29-34(30)39(56)51(37(29)54)24-11-9-23(48)10-12-24/h1-13,15-17,19,29-31,34-35,53H,14,18H2,(H,49,50)/t29-,30+,31-,34-,35-,41+/m0/s1. The van der Waals surface area contributed by atoms with Crippen molar-refractivity contribution in [1.82, 2.24) is 9.99 Å². The Labute approximate surface area is 346 Å². The number of hydrogen-bond acceptors (Lipinski definition) is 7. The molecule has 1 aromatic heterocycles. The highest BCUT2D eigenvalue weighted by molar-refractivity contribution is 14.1. The van der Waals surface area contributed by atoms with E-state index < -0.39 is 69.5 Å². The minimum Gasteiger partial charge on any atom is -0.507 e. The number of rotatable bonds is 5. The van der Waals surface area contributed by atoms with E-state index in [4.69, 9.17) is 23.2 Å². The molecular formula is C42H28Cl2F3IN4O5. The zero-order chi connectivity index (χ0) is 40.1. The SMILES string of the molecule is O=C1[C@@H]2C[C@@H]3C(=CC[C@@H]4C(=O)N(c5ccc(I)cc5)C(=O)[C@@H]43)[C@H](c3ccc(O)c4ccccc34)[C@]2(c2ccc(Cl)cc2)C(=O)N1Nc1ncc(C(F)(F)F)cc1Cl. The number of allylic oxidation sites excluding steroid dienone is 2. The van der Waals surface area contributed by atoms with Crippen LogP contribution in [0.15, 0.2) is 109 Å². The van der Waals surface area contributed by atoms with Crippen molar-refractivity contribution < 1.29 is 37.5 Å². The van der Waals surface area contributed by atoms with Gasteiger partial charge in [-0.3, -0.25) is 29.5 Å². The van der Waals surface area contributed by atoms with Crippen LogP contribution in [0.1, 0.15) is 35.4 Å². The van der Waals surface area contributed by atoms with E-state index in [0.29, 0.717) is 50.4 Å². The van der Waals surface area contributed by atoms with Crippen LogP contribution in [0.3, 0.4) is 0 Å². The Morgan fingerprint density at radius 2 is 1.56 bits per heavy atom. The van der Waals surface area contributed by atoms with Crippen molar-refractivity contribution in [2.45, 2.75) is 30.4 Å². The smallest absolute Gasteiger partial charge is 0.417 e. The molecule has 288 valence electrons. The van der Waals surface area contributed by atoms with E-state index in [1.54, 1.807) is 78.9 Å². The lowest BCUT2D eigenvalue weighted by Gasteiger charge is -2.51. The molecule has 9 nitrogen and oxygen atoms in total. The maximum absolute atomic E-state index is 15.5. The van der Waals surface area contributed by atoms with Gasteiger partial charge >= 0.3 is 6.18 Å². The number of anilines is 2. The van der Waals surface area contributed by atoms with Gasteiger partial charge in [-0.15, -0.1) is 0 Å². The normalized spacial score (nSPS) is 25.7. The summed E-state index contributed by atoms with van der Waals surface area (Å²) in [6, 6.07) is 24.5. The molecule has 9 rings (SSSR count). The maximum Gasteiger partial charge on any atom is 0.417 e. The second-order valence-electron chi connectivity index (χ2n) is 14.6. The molecule has 2 aliphatic carbocycles. The fourth-order valence-electron chi connectivity index (χ4n) is 9.53. The predicted molar refractivity (Wildman–Crippen MR) is 214 cm³/mol. The third-order valence-electron chi connectivity index (χ3n) is 11.9. The molecule has 4 amide bonds. The number of carbonyl (C=O) groups is 4. The quantitative estimate of drug-likeness (QED) is 0.103. The molecule has 3 fully saturated rings. The predicted octanol–water partition coefficient (Wildman–Crippen LogP) is 9.06. The van der Waals surface area contributed by atoms with Gasteiger partial charge in [0, 0.05) is 26.1 Å². The number of hydrazine groups is 1. The van der Waals surface area contributed by atoms with Gasteiger partial charge < -0.3 is 5.11 Å². The Hall–Kier alpha value is -4.99. The van der Waals surface area contributed by atoms with E-state index in [9.17, 15) is 27.9 Å². The van der Waals surface area contributed by atoms with E-state index in [1.807, 2.05) is 6.08 Å². The molecule has 4 aliphatic rings. The number of alkyl halides is 3. The lowest BCUT2D eigenvalue weighted by molar-refractivity contribution is -0.139. The summed E-state index contributed by atoms with van der Waals surface area (Å²) >= 11 is 14.8. The Morgan fingerprint density at radius 3 is 2.25 bits per heavy atom. The summed E-state index contributed by atoms with van der Waals surface area (Å²) in [5, 5.41) is 12.7. The van der Waals surface area contributed by atoms with Crippen molar-refractivity contribution in [3.8, 4) is 5.75 Å². The van der Waals surface area contributed by atoms with Crippen molar-refractivity contribution in [3.05, 3.63) is 139 Å². The van der Waals surface area contributed by atoms with Gasteiger partial charge in [-0.25, -0.2) is 4.98 Å². The van der Waals surface area contributed by atoms with E-state index in [-0.39, 0.29) is 30.3 Å². The van der Waals surface area contributed by atoms with Crippen LogP contribution in [0, 0.1) is 27.2 Å². The molecule has 0 unspecified atom stereocenters. The number of imide groups is 2. The maximum atomic E-state index is 15.5. The highest BCUT2D eigenvalue weighted by Gasteiger charge is 2.70. The topological polar surface area (TPSA) is 120 Å². The Morgan fingerprint density at radius 1 is 0.860 bits per heavy atom. The molecule has 6 atom stereocenters. The summed E-state index contributed by atoms with van der Waals surface area (Å²) in [5.41, 5.74) is 1.91. The van der Waals surface area contributed by atoms with Crippen LogP contribution in [-0.4, -0.2) is 38.7 Å². The van der Waals surface area contributed by atoms with Gasteiger partial charge in [0.05, 0.1) is 39.4 Å². The average molecular weight is 924 g/mol. The minimum absolute atomic E-state index is 0.0126. The number of phenolic OH excluding ortho intramolecular Hbond substituents is 1. The van der Waals surface area contributed by atoms with Gasteiger partial charge in [0.15, 0.2) is 5.82 Å². The van der Waals surface area contributed by atoms with Crippen molar-refractivity contribution in [1.29, 1.82) is 0 Å². The number of aromatic nitrogens is 1. The summed E-state index contributed by atoms with van der Waals surface area (Å²) in [7, 11) is 0. The minimum atomic E-state index is -4.75. The van der Waals surface area contributed by atoms with E-state index in [2.05, 4.69) is 33.0 Å². The average Bonchev–Trinajstić information content (AvgIpc) is 3.57. The number of nitrogens with zero attached hydrogens (tertiary/aromatic N) is 3. The first-order valence-corrected chi connectivity index (χ1v) is 19.7. The molecule has 0 spiro atoms. The number of fused-ring (bicyclic) bond motifs is 5. The summed E-state index contributed by atoms with van der Waals surface area (Å²) in [6.07, 6.45) is -2.13. The lowest BCUT2D eigenvalue weighted by atomic mass is 9.49. The molecule has 2 saturated heterocycles. The number of amides is 4. The fraction of sp³-hybridized carbons (Fsp3) is 0.214. The molecule has 3 heterocycles. The number of aromatic hydroxyl groups is 1. The number of phenols is 1. The number of halogens is 6. The third-order valence-corrected chi connectivity index (χ3v) is 13.1. The molecule has 0 radical (unpaired) electrons. The zero-order valence-electron chi connectivity index (χ0n) is 29.3. The van der Waals surface area contributed by atoms with Crippen LogP contribution in [0.2, 0.25) is 10.0 Å². The monoisotopic (exact) mass is 922 g/mol. The zero-order valence-corrected chi connectivity index (χ0v) is 33.0. The van der Waals surface area contributed by atoms with Crippen molar-refractivity contribution in [3.63, 3.8) is 0 Å².